The van der Waals surface area contributed by atoms with Crippen LogP contribution in [-0.4, -0.2) is 26.0 Å². The standard InChI is InChI=1S/C9H12FN3O3S/c10-7-3-1-2-4-8(7)17(15,16)12-6-5-9(11)13-14/h1-4,12,14H,5-6H2,(H2,11,13). The molecule has 0 radical (unpaired) electrons. The molecular weight excluding hydrogens is 249 g/mol. The molecule has 0 aliphatic carbocycles. The quantitative estimate of drug-likeness (QED) is 0.305. The van der Waals surface area contributed by atoms with Gasteiger partial charge in [-0.25, -0.2) is 17.5 Å². The smallest absolute Gasteiger partial charge is 0.243 e. The molecule has 6 nitrogen and oxygen atoms in total. The van der Waals surface area contributed by atoms with Gasteiger partial charge in [-0.15, -0.1) is 0 Å². The molecule has 0 unspecified atom stereocenters. The molecule has 0 saturated heterocycles. The minimum Gasteiger partial charge on any atom is -0.409 e. The van der Waals surface area contributed by atoms with Gasteiger partial charge in [0.1, 0.15) is 16.5 Å². The molecule has 1 aromatic carbocycles. The predicted octanol–water partition coefficient (Wildman–Crippen LogP) is 0.241. The summed E-state index contributed by atoms with van der Waals surface area (Å²) in [5, 5.41) is 10.9. The fourth-order valence-corrected chi connectivity index (χ4v) is 2.21. The Kier molecular flexibility index (Phi) is 4.41. The van der Waals surface area contributed by atoms with Gasteiger partial charge >= 0.3 is 0 Å². The van der Waals surface area contributed by atoms with E-state index in [4.69, 9.17) is 10.9 Å². The lowest BCUT2D eigenvalue weighted by atomic mass is 10.4. The zero-order valence-electron chi connectivity index (χ0n) is 8.80. The highest BCUT2D eigenvalue weighted by atomic mass is 32.2. The maximum atomic E-state index is 13.2. The van der Waals surface area contributed by atoms with Crippen LogP contribution in [0, 0.1) is 5.82 Å². The number of sulfonamides is 1. The number of halogens is 1. The van der Waals surface area contributed by atoms with Crippen molar-refractivity contribution in [2.24, 2.45) is 10.9 Å². The molecule has 0 amide bonds. The number of hydrogen-bond acceptors (Lipinski definition) is 4. The number of rotatable bonds is 5. The van der Waals surface area contributed by atoms with Gasteiger partial charge in [0.05, 0.1) is 0 Å². The van der Waals surface area contributed by atoms with Gasteiger partial charge in [-0.1, -0.05) is 17.3 Å². The van der Waals surface area contributed by atoms with E-state index < -0.39 is 20.7 Å². The third-order valence-corrected chi connectivity index (χ3v) is 3.42. The average Bonchev–Trinajstić information content (AvgIpc) is 2.28. The summed E-state index contributed by atoms with van der Waals surface area (Å²) in [6.07, 6.45) is 0.0319. The van der Waals surface area contributed by atoms with Gasteiger partial charge in [-0.2, -0.15) is 0 Å². The Bertz CT molecular complexity index is 516. The number of nitrogens with one attached hydrogen (secondary N) is 1. The van der Waals surface area contributed by atoms with Crippen molar-refractivity contribution in [3.63, 3.8) is 0 Å². The van der Waals surface area contributed by atoms with Crippen molar-refractivity contribution in [2.75, 3.05) is 6.54 Å². The molecule has 1 rings (SSSR count). The zero-order valence-corrected chi connectivity index (χ0v) is 9.61. The highest BCUT2D eigenvalue weighted by molar-refractivity contribution is 7.89. The maximum Gasteiger partial charge on any atom is 0.243 e. The van der Waals surface area contributed by atoms with E-state index in [-0.39, 0.29) is 18.8 Å². The number of oxime groups is 1. The van der Waals surface area contributed by atoms with Crippen LogP contribution in [0.3, 0.4) is 0 Å². The first-order valence-electron chi connectivity index (χ1n) is 4.68. The Morgan fingerprint density at radius 2 is 2.12 bits per heavy atom. The molecule has 94 valence electrons. The van der Waals surface area contributed by atoms with Crippen LogP contribution in [0.2, 0.25) is 0 Å². The molecule has 17 heavy (non-hydrogen) atoms. The van der Waals surface area contributed by atoms with E-state index in [1.165, 1.54) is 12.1 Å². The Hall–Kier alpha value is -1.67. The predicted molar refractivity (Wildman–Crippen MR) is 59.6 cm³/mol. The molecule has 0 atom stereocenters. The average molecular weight is 261 g/mol. The first-order valence-corrected chi connectivity index (χ1v) is 6.16. The third-order valence-electron chi connectivity index (χ3n) is 1.93. The fourth-order valence-electron chi connectivity index (χ4n) is 1.10. The van der Waals surface area contributed by atoms with Crippen LogP contribution in [0.1, 0.15) is 6.42 Å². The first-order chi connectivity index (χ1) is 7.97. The Morgan fingerprint density at radius 3 is 2.71 bits per heavy atom. The van der Waals surface area contributed by atoms with E-state index >= 15 is 0 Å². The summed E-state index contributed by atoms with van der Waals surface area (Å²) >= 11 is 0. The van der Waals surface area contributed by atoms with Gasteiger partial charge in [0.2, 0.25) is 10.0 Å². The molecule has 8 heteroatoms. The van der Waals surface area contributed by atoms with Crippen molar-refractivity contribution in [3.05, 3.63) is 30.1 Å². The number of nitrogens with zero attached hydrogens (tertiary/aromatic N) is 1. The lowest BCUT2D eigenvalue weighted by Gasteiger charge is -2.06. The zero-order chi connectivity index (χ0) is 12.9. The molecule has 0 heterocycles. The van der Waals surface area contributed by atoms with Gasteiger partial charge < -0.3 is 10.9 Å². The Morgan fingerprint density at radius 1 is 1.47 bits per heavy atom. The van der Waals surface area contributed by atoms with Crippen LogP contribution in [-0.2, 0) is 10.0 Å². The van der Waals surface area contributed by atoms with Crippen molar-refractivity contribution >= 4 is 15.9 Å². The first kappa shape index (κ1) is 13.4. The molecule has 0 saturated carbocycles. The molecule has 4 N–H and O–H groups in total. The lowest BCUT2D eigenvalue weighted by Crippen LogP contribution is -2.28. The van der Waals surface area contributed by atoms with Crippen LogP contribution in [0.5, 0.6) is 0 Å². The number of nitrogens with two attached hydrogens (primary N) is 1. The topological polar surface area (TPSA) is 105 Å². The normalized spacial score (nSPS) is 12.6. The second kappa shape index (κ2) is 5.60. The molecule has 0 aromatic heterocycles. The Balaban J connectivity index is 2.74. The van der Waals surface area contributed by atoms with Crippen molar-refractivity contribution < 1.29 is 18.0 Å². The summed E-state index contributed by atoms with van der Waals surface area (Å²) in [6, 6.07) is 5.02. The number of hydrogen-bond donors (Lipinski definition) is 3. The summed E-state index contributed by atoms with van der Waals surface area (Å²) in [5.74, 6) is -0.940. The van der Waals surface area contributed by atoms with E-state index in [0.717, 1.165) is 12.1 Å². The third kappa shape index (κ3) is 3.68. The summed E-state index contributed by atoms with van der Waals surface area (Å²) < 4.78 is 38.6. The molecule has 0 bridgehead atoms. The van der Waals surface area contributed by atoms with Gasteiger partial charge in [0, 0.05) is 13.0 Å². The van der Waals surface area contributed by atoms with Crippen LogP contribution in [0.4, 0.5) is 4.39 Å². The van der Waals surface area contributed by atoms with E-state index in [0.29, 0.717) is 0 Å². The summed E-state index contributed by atoms with van der Waals surface area (Å²) in [4.78, 5) is -0.431. The SMILES string of the molecule is NC(CCNS(=O)(=O)c1ccccc1F)=NO. The van der Waals surface area contributed by atoms with E-state index in [1.54, 1.807) is 0 Å². The highest BCUT2D eigenvalue weighted by Crippen LogP contribution is 2.12. The fraction of sp³-hybridized carbons (Fsp3) is 0.222. The van der Waals surface area contributed by atoms with Crippen LogP contribution >= 0.6 is 0 Å². The van der Waals surface area contributed by atoms with Crippen LogP contribution in [0.15, 0.2) is 34.3 Å². The lowest BCUT2D eigenvalue weighted by molar-refractivity contribution is 0.317. The maximum absolute atomic E-state index is 13.2. The van der Waals surface area contributed by atoms with Crippen molar-refractivity contribution in [2.45, 2.75) is 11.3 Å². The summed E-state index contributed by atoms with van der Waals surface area (Å²) in [5.41, 5.74) is 5.16. The van der Waals surface area contributed by atoms with Crippen LogP contribution < -0.4 is 10.5 Å². The van der Waals surface area contributed by atoms with Gasteiger partial charge in [0.25, 0.3) is 0 Å². The van der Waals surface area contributed by atoms with Crippen molar-refractivity contribution in [1.29, 1.82) is 0 Å². The summed E-state index contributed by atoms with van der Waals surface area (Å²) in [7, 11) is -3.91. The van der Waals surface area contributed by atoms with E-state index in [9.17, 15) is 12.8 Å². The molecule has 0 aliphatic rings. The number of benzene rings is 1. The van der Waals surface area contributed by atoms with E-state index in [1.807, 2.05) is 0 Å². The van der Waals surface area contributed by atoms with Crippen LogP contribution in [0.25, 0.3) is 0 Å². The van der Waals surface area contributed by atoms with Gasteiger partial charge in [-0.3, -0.25) is 0 Å². The van der Waals surface area contributed by atoms with Gasteiger partial charge in [0.15, 0.2) is 0 Å². The molecule has 0 spiro atoms. The van der Waals surface area contributed by atoms with Crippen molar-refractivity contribution in [3.8, 4) is 0 Å². The Labute approximate surface area is 98.0 Å². The minimum absolute atomic E-state index is 0.0319. The van der Waals surface area contributed by atoms with Crippen molar-refractivity contribution in [1.82, 2.24) is 4.72 Å². The van der Waals surface area contributed by atoms with E-state index in [2.05, 4.69) is 9.88 Å². The molecule has 0 fully saturated rings. The van der Waals surface area contributed by atoms with Gasteiger partial charge in [-0.05, 0) is 12.1 Å². The minimum atomic E-state index is -3.91. The second-order valence-corrected chi connectivity index (χ2v) is 4.90. The largest absolute Gasteiger partial charge is 0.409 e. The number of amidine groups is 1. The molecule has 0 aliphatic heterocycles. The summed E-state index contributed by atoms with van der Waals surface area (Å²) in [6.45, 7) is -0.0768. The second-order valence-electron chi connectivity index (χ2n) is 3.17. The molecule has 1 aromatic rings. The monoisotopic (exact) mass is 261 g/mol. The molecular formula is C9H12FN3O3S. The highest BCUT2D eigenvalue weighted by Gasteiger charge is 2.17.